The van der Waals surface area contributed by atoms with Gasteiger partial charge in [0.2, 0.25) is 0 Å². The van der Waals surface area contributed by atoms with E-state index in [4.69, 9.17) is 0 Å². The zero-order valence-electron chi connectivity index (χ0n) is 6.10. The fraction of sp³-hybridized carbons (Fsp3) is 0.667. The van der Waals surface area contributed by atoms with Crippen LogP contribution in [0.25, 0.3) is 0 Å². The third-order valence-corrected chi connectivity index (χ3v) is 0.779. The zero-order chi connectivity index (χ0) is 7.49. The van der Waals surface area contributed by atoms with Crippen LogP contribution in [0.5, 0.6) is 0 Å². The maximum Gasteiger partial charge on any atom is 0.0618 e. The normalized spacial score (nSPS) is 10.3. The first kappa shape index (κ1) is 9.31. The minimum atomic E-state index is -0.00160. The van der Waals surface area contributed by atoms with Gasteiger partial charge in [-0.25, -0.2) is 4.99 Å². The lowest BCUT2D eigenvalue weighted by Crippen LogP contribution is -2.08. The summed E-state index contributed by atoms with van der Waals surface area (Å²) in [6, 6.07) is 0. The van der Waals surface area contributed by atoms with Gasteiger partial charge in [0.15, 0.2) is 0 Å². The summed E-state index contributed by atoms with van der Waals surface area (Å²) in [5, 5.41) is 0.963. The molecule has 2 unspecified atom stereocenters. The molecule has 52 valence electrons. The van der Waals surface area contributed by atoms with Gasteiger partial charge in [0.05, 0.1) is 5.54 Å². The van der Waals surface area contributed by atoms with Crippen molar-refractivity contribution in [2.24, 2.45) is 4.99 Å². The Labute approximate surface area is 61.4 Å². The molecule has 0 aliphatic carbocycles. The Morgan fingerprint density at radius 1 is 1.33 bits per heavy atom. The van der Waals surface area contributed by atoms with Gasteiger partial charge in [-0.3, -0.25) is 0 Å². The summed E-state index contributed by atoms with van der Waals surface area (Å²) >= 11 is 0. The summed E-state index contributed by atoms with van der Waals surface area (Å²) in [6.45, 7) is 6.12. The third kappa shape index (κ3) is 8.31. The van der Waals surface area contributed by atoms with E-state index in [1.807, 2.05) is 20.8 Å². The quantitative estimate of drug-likeness (QED) is 0.381. The van der Waals surface area contributed by atoms with Crippen LogP contribution in [0, 0.1) is 0 Å². The van der Waals surface area contributed by atoms with Crippen LogP contribution in [0.1, 0.15) is 20.8 Å². The van der Waals surface area contributed by atoms with Crippen molar-refractivity contribution in [1.82, 2.24) is 0 Å². The Bertz CT molecular complexity index is 145. The monoisotopic (exact) mass is 161 g/mol. The number of rotatable bonds is 0. The predicted molar refractivity (Wildman–Crippen MR) is 50.1 cm³/mol. The first-order valence-corrected chi connectivity index (χ1v) is 3.93. The van der Waals surface area contributed by atoms with Crippen LogP contribution in [0.15, 0.2) is 10.0 Å². The van der Waals surface area contributed by atoms with E-state index in [2.05, 4.69) is 29.3 Å². The molecule has 0 rings (SSSR count). The Balaban J connectivity index is 4.17. The molecule has 9 heavy (non-hydrogen) atoms. The highest BCUT2D eigenvalue weighted by atomic mass is 31.1. The van der Waals surface area contributed by atoms with E-state index in [-0.39, 0.29) is 5.54 Å². The molecule has 0 spiro atoms. The molecule has 0 aliphatic heterocycles. The van der Waals surface area contributed by atoms with E-state index in [1.54, 1.807) is 0 Å². The summed E-state index contributed by atoms with van der Waals surface area (Å²) in [5.74, 6) is 2.85. The summed E-state index contributed by atoms with van der Waals surface area (Å²) in [7, 11) is 5.02. The average molecular weight is 161 g/mol. The average Bonchev–Trinajstić information content (AvgIpc) is 1.59. The lowest BCUT2D eigenvalue weighted by Gasteiger charge is -2.07. The Hall–Kier alpha value is 0.310. The standard InChI is InChI=1S/C6H13NP2/c1-6(2,3)7-4-5(8)9/h8-9H2,1-3H3. The van der Waals surface area contributed by atoms with Crippen molar-refractivity contribution in [2.45, 2.75) is 26.3 Å². The molecule has 0 heterocycles. The topological polar surface area (TPSA) is 12.4 Å². The molecule has 0 amide bonds. The van der Waals surface area contributed by atoms with Crippen molar-refractivity contribution >= 4 is 24.3 Å². The van der Waals surface area contributed by atoms with Crippen molar-refractivity contribution in [3.63, 3.8) is 0 Å². The van der Waals surface area contributed by atoms with E-state index in [0.29, 0.717) is 0 Å². The van der Waals surface area contributed by atoms with Crippen molar-refractivity contribution in [3.8, 4) is 0 Å². The van der Waals surface area contributed by atoms with Gasteiger partial charge < -0.3 is 0 Å². The molecule has 0 saturated heterocycles. The largest absolute Gasteiger partial charge is 0.237 e. The fourth-order valence-corrected chi connectivity index (χ4v) is 0.361. The lowest BCUT2D eigenvalue weighted by atomic mass is 10.1. The molecule has 0 saturated carbocycles. The number of nitrogens with zero attached hydrogens (tertiary/aromatic N) is 1. The molecule has 0 N–H and O–H groups in total. The Morgan fingerprint density at radius 2 is 1.78 bits per heavy atom. The molecule has 0 bridgehead atoms. The molecule has 0 aromatic heterocycles. The van der Waals surface area contributed by atoms with E-state index < -0.39 is 0 Å². The van der Waals surface area contributed by atoms with E-state index in [1.165, 1.54) is 0 Å². The van der Waals surface area contributed by atoms with Gasteiger partial charge in [0.1, 0.15) is 0 Å². The molecule has 3 heteroatoms. The molecule has 0 aromatic carbocycles. The van der Waals surface area contributed by atoms with Crippen molar-refractivity contribution < 1.29 is 0 Å². The smallest absolute Gasteiger partial charge is 0.0618 e. The molecule has 0 radical (unpaired) electrons. The minimum Gasteiger partial charge on any atom is -0.237 e. The first-order valence-electron chi connectivity index (χ1n) is 2.77. The van der Waals surface area contributed by atoms with Gasteiger partial charge in [-0.2, -0.15) is 0 Å². The van der Waals surface area contributed by atoms with E-state index >= 15 is 0 Å². The molecule has 0 aromatic rings. The predicted octanol–water partition coefficient (Wildman–Crippen LogP) is 2.05. The molecular weight excluding hydrogens is 148 g/mol. The summed E-state index contributed by atoms with van der Waals surface area (Å²) in [4.78, 5) is 4.13. The number of hydrogen-bond acceptors (Lipinski definition) is 1. The van der Waals surface area contributed by atoms with Gasteiger partial charge in [-0.05, 0) is 26.6 Å². The zero-order valence-corrected chi connectivity index (χ0v) is 8.41. The second kappa shape index (κ2) is 3.47. The second-order valence-electron chi connectivity index (χ2n) is 2.85. The lowest BCUT2D eigenvalue weighted by molar-refractivity contribution is 0.588. The van der Waals surface area contributed by atoms with Crippen LogP contribution in [0.3, 0.4) is 0 Å². The SMILES string of the molecule is CC(C)(C)N=C=C(P)P. The molecular formula is C6H13NP2. The van der Waals surface area contributed by atoms with Gasteiger partial charge in [0.25, 0.3) is 0 Å². The maximum atomic E-state index is 4.13. The second-order valence-corrected chi connectivity index (χ2v) is 4.76. The molecule has 1 nitrogen and oxygen atoms in total. The molecule has 0 aliphatic rings. The minimum absolute atomic E-state index is 0.00160. The Kier molecular flexibility index (Phi) is 3.59. The maximum absolute atomic E-state index is 4.13. The van der Waals surface area contributed by atoms with E-state index in [0.717, 1.165) is 5.06 Å². The van der Waals surface area contributed by atoms with Crippen molar-refractivity contribution in [2.75, 3.05) is 0 Å². The van der Waals surface area contributed by atoms with Crippen LogP contribution in [-0.2, 0) is 0 Å². The highest BCUT2D eigenvalue weighted by Gasteiger charge is 2.03. The highest BCUT2D eigenvalue weighted by Crippen LogP contribution is 2.10. The summed E-state index contributed by atoms with van der Waals surface area (Å²) in [6.07, 6.45) is 0. The van der Waals surface area contributed by atoms with Crippen LogP contribution in [-0.4, -0.2) is 11.4 Å². The number of hydrogen-bond donors (Lipinski definition) is 0. The first-order chi connectivity index (χ1) is 3.92. The Morgan fingerprint density at radius 3 is 1.89 bits per heavy atom. The van der Waals surface area contributed by atoms with E-state index in [9.17, 15) is 0 Å². The molecule has 2 atom stereocenters. The van der Waals surface area contributed by atoms with Gasteiger partial charge >= 0.3 is 0 Å². The molecule has 0 fully saturated rings. The fourth-order valence-electron chi connectivity index (χ4n) is 0.232. The van der Waals surface area contributed by atoms with Crippen LogP contribution >= 0.6 is 18.5 Å². The summed E-state index contributed by atoms with van der Waals surface area (Å²) < 4.78 is 0. The van der Waals surface area contributed by atoms with Gasteiger partial charge in [-0.15, -0.1) is 0 Å². The number of aliphatic imine (C=N–C) groups is 1. The highest BCUT2D eigenvalue weighted by molar-refractivity contribution is 7.46. The van der Waals surface area contributed by atoms with Crippen molar-refractivity contribution in [3.05, 3.63) is 5.06 Å². The van der Waals surface area contributed by atoms with Gasteiger partial charge in [0, 0.05) is 5.06 Å². The van der Waals surface area contributed by atoms with Gasteiger partial charge in [-0.1, -0.05) is 18.5 Å². The summed E-state index contributed by atoms with van der Waals surface area (Å²) in [5.41, 5.74) is -0.00160. The van der Waals surface area contributed by atoms with Crippen LogP contribution < -0.4 is 0 Å². The third-order valence-electron chi connectivity index (χ3n) is 0.520. The van der Waals surface area contributed by atoms with Crippen molar-refractivity contribution in [1.29, 1.82) is 0 Å². The van der Waals surface area contributed by atoms with Crippen LogP contribution in [0.4, 0.5) is 0 Å². The van der Waals surface area contributed by atoms with Crippen LogP contribution in [0.2, 0.25) is 0 Å².